The maximum absolute atomic E-state index is 14.5. The number of nitrogens with zero attached hydrogens (tertiary/aromatic N) is 3. The smallest absolute Gasteiger partial charge is 0.253 e. The second kappa shape index (κ2) is 11.1. The van der Waals surface area contributed by atoms with Crippen LogP contribution in [-0.4, -0.2) is 88.0 Å². The number of carbonyl (C=O) groups excluding carboxylic acids is 3. The van der Waals surface area contributed by atoms with Crippen LogP contribution in [0.3, 0.4) is 0 Å². The molecule has 3 saturated heterocycles. The molecule has 1 aromatic rings. The average Bonchev–Trinajstić information content (AvgIpc) is 3.46. The maximum Gasteiger partial charge on any atom is 0.253 e. The van der Waals surface area contributed by atoms with Gasteiger partial charge < -0.3 is 24.5 Å². The van der Waals surface area contributed by atoms with E-state index in [1.165, 1.54) is 9.80 Å². The number of halogens is 2. The maximum atomic E-state index is 14.5. The van der Waals surface area contributed by atoms with E-state index in [9.17, 15) is 19.5 Å². The van der Waals surface area contributed by atoms with E-state index in [0.717, 1.165) is 0 Å². The largest absolute Gasteiger partial charge is 0.394 e. The third-order valence-electron chi connectivity index (χ3n) is 8.06. The molecule has 1 N–H and O–H groups in total. The first kappa shape index (κ1) is 28.8. The van der Waals surface area contributed by atoms with E-state index < -0.39 is 35.6 Å². The summed E-state index contributed by atoms with van der Waals surface area (Å²) < 4.78 is 6.59. The van der Waals surface area contributed by atoms with Crippen molar-refractivity contribution in [1.82, 2.24) is 9.80 Å². The van der Waals surface area contributed by atoms with Gasteiger partial charge in [-0.3, -0.25) is 14.4 Å². The standard InChI is InChI=1S/C28H35BrClN3O5/c1-6-12-31(5)25(35)21-22-26(36)33(20(15-34)16(3)4)24(28(22)14-19(29)23(21)38-28)27(37)32(13-7-2)18-10-8-17(30)9-11-18/h6-11,16,19-24,34H,1-2,12-15H2,3-5H3/t19?,20-,21+,22-,23+,24?,28?/m0/s1. The highest BCUT2D eigenvalue weighted by molar-refractivity contribution is 9.09. The lowest BCUT2D eigenvalue weighted by atomic mass is 9.70. The topological polar surface area (TPSA) is 90.4 Å². The van der Waals surface area contributed by atoms with Gasteiger partial charge in [-0.15, -0.1) is 13.2 Å². The van der Waals surface area contributed by atoms with Crippen molar-refractivity contribution in [3.05, 3.63) is 54.6 Å². The fraction of sp³-hybridized carbons (Fsp3) is 0.536. The lowest BCUT2D eigenvalue weighted by Crippen LogP contribution is -2.60. The summed E-state index contributed by atoms with van der Waals surface area (Å²) in [6.07, 6.45) is 3.07. The van der Waals surface area contributed by atoms with Crippen molar-refractivity contribution >= 4 is 50.9 Å². The van der Waals surface area contributed by atoms with Crippen LogP contribution in [0.25, 0.3) is 0 Å². The number of benzene rings is 1. The molecule has 1 spiro atoms. The number of ether oxygens (including phenoxy) is 1. The zero-order chi connectivity index (χ0) is 27.9. The molecular formula is C28H35BrClN3O5. The van der Waals surface area contributed by atoms with Crippen LogP contribution < -0.4 is 4.90 Å². The fourth-order valence-electron chi connectivity index (χ4n) is 6.36. The summed E-state index contributed by atoms with van der Waals surface area (Å²) in [5.41, 5.74) is -0.630. The molecule has 4 rings (SSSR count). The molecule has 1 aromatic carbocycles. The van der Waals surface area contributed by atoms with Crippen LogP contribution in [0, 0.1) is 17.8 Å². The molecule has 3 amide bonds. The lowest BCUT2D eigenvalue weighted by Gasteiger charge is -2.40. The van der Waals surface area contributed by atoms with Crippen molar-refractivity contribution in [3.8, 4) is 0 Å². The van der Waals surface area contributed by atoms with E-state index in [-0.39, 0.29) is 41.6 Å². The van der Waals surface area contributed by atoms with Crippen molar-refractivity contribution in [2.75, 3.05) is 31.6 Å². The Labute approximate surface area is 237 Å². The monoisotopic (exact) mass is 607 g/mol. The third-order valence-corrected chi connectivity index (χ3v) is 9.15. The molecule has 8 nitrogen and oxygen atoms in total. The van der Waals surface area contributed by atoms with Gasteiger partial charge in [-0.2, -0.15) is 0 Å². The number of carbonyl (C=O) groups is 3. The van der Waals surface area contributed by atoms with Gasteiger partial charge in [-0.05, 0) is 36.6 Å². The van der Waals surface area contributed by atoms with Gasteiger partial charge in [0.1, 0.15) is 11.6 Å². The highest BCUT2D eigenvalue weighted by Gasteiger charge is 2.77. The Balaban J connectivity index is 1.85. The lowest BCUT2D eigenvalue weighted by molar-refractivity contribution is -0.147. The van der Waals surface area contributed by atoms with Gasteiger partial charge >= 0.3 is 0 Å². The second-order valence-corrected chi connectivity index (χ2v) is 12.2. The highest BCUT2D eigenvalue weighted by atomic mass is 79.9. The van der Waals surface area contributed by atoms with E-state index in [2.05, 4.69) is 29.1 Å². The van der Waals surface area contributed by atoms with Gasteiger partial charge in [0.25, 0.3) is 5.91 Å². The van der Waals surface area contributed by atoms with E-state index in [1.807, 2.05) is 13.8 Å². The summed E-state index contributed by atoms with van der Waals surface area (Å²) in [4.78, 5) is 46.8. The molecule has 3 unspecified atom stereocenters. The SMILES string of the molecule is C=CCN(C)C(=O)[C@H]1[C@@H]2OC3(CC2Br)C(C(=O)N(CC=C)c2ccc(Cl)cc2)N([C@@H](CO)C(C)C)C(=O)[C@H]13. The summed E-state index contributed by atoms with van der Waals surface area (Å²) in [7, 11) is 1.67. The van der Waals surface area contributed by atoms with Gasteiger partial charge in [0.05, 0.1) is 30.6 Å². The van der Waals surface area contributed by atoms with Gasteiger partial charge in [0, 0.05) is 35.7 Å². The predicted molar refractivity (Wildman–Crippen MR) is 150 cm³/mol. The minimum absolute atomic E-state index is 0.146. The Morgan fingerprint density at radius 1 is 1.24 bits per heavy atom. The van der Waals surface area contributed by atoms with Gasteiger partial charge in [0.2, 0.25) is 11.8 Å². The molecule has 38 heavy (non-hydrogen) atoms. The predicted octanol–water partition coefficient (Wildman–Crippen LogP) is 3.27. The van der Waals surface area contributed by atoms with E-state index >= 15 is 0 Å². The number of fused-ring (bicyclic) bond motifs is 1. The number of alkyl halides is 1. The van der Waals surface area contributed by atoms with E-state index in [0.29, 0.717) is 23.7 Å². The number of hydrogen-bond acceptors (Lipinski definition) is 5. The molecule has 3 fully saturated rings. The Bertz CT molecular complexity index is 1110. The Morgan fingerprint density at radius 2 is 1.87 bits per heavy atom. The number of aliphatic hydroxyl groups is 1. The van der Waals surface area contributed by atoms with E-state index in [4.69, 9.17) is 16.3 Å². The molecule has 0 saturated carbocycles. The number of anilines is 1. The van der Waals surface area contributed by atoms with Gasteiger partial charge in [-0.1, -0.05) is 53.5 Å². The molecular weight excluding hydrogens is 574 g/mol. The molecule has 10 heteroatoms. The summed E-state index contributed by atoms with van der Waals surface area (Å²) in [5.74, 6) is -2.67. The molecule has 7 atom stereocenters. The van der Waals surface area contributed by atoms with Crippen LogP contribution >= 0.6 is 27.5 Å². The molecule has 206 valence electrons. The third kappa shape index (κ3) is 4.51. The van der Waals surface area contributed by atoms with Crippen LogP contribution in [0.1, 0.15) is 20.3 Å². The molecule has 3 aliphatic rings. The number of likely N-dealkylation sites (tertiary alicyclic amines) is 1. The van der Waals surface area contributed by atoms with Crippen molar-refractivity contribution in [2.45, 2.75) is 48.9 Å². The fourth-order valence-corrected chi connectivity index (χ4v) is 7.43. The molecule has 3 aliphatic heterocycles. The summed E-state index contributed by atoms with van der Waals surface area (Å²) in [5, 5.41) is 10.9. The molecule has 0 radical (unpaired) electrons. The molecule has 0 aliphatic carbocycles. The second-order valence-electron chi connectivity index (χ2n) is 10.6. The minimum atomic E-state index is -1.23. The summed E-state index contributed by atoms with van der Waals surface area (Å²) >= 11 is 9.79. The molecule has 3 heterocycles. The van der Waals surface area contributed by atoms with Crippen LogP contribution in [0.4, 0.5) is 5.69 Å². The zero-order valence-corrected chi connectivity index (χ0v) is 24.3. The van der Waals surface area contributed by atoms with Crippen LogP contribution in [0.5, 0.6) is 0 Å². The summed E-state index contributed by atoms with van der Waals surface area (Å²) in [6, 6.07) is 5.19. The highest BCUT2D eigenvalue weighted by Crippen LogP contribution is 2.61. The number of amides is 3. The normalized spacial score (nSPS) is 30.3. The first-order chi connectivity index (χ1) is 18.0. The molecule has 2 bridgehead atoms. The quantitative estimate of drug-likeness (QED) is 0.325. The summed E-state index contributed by atoms with van der Waals surface area (Å²) in [6.45, 7) is 11.5. The zero-order valence-electron chi connectivity index (χ0n) is 21.9. The molecule has 0 aromatic heterocycles. The first-order valence-corrected chi connectivity index (χ1v) is 14.1. The number of likely N-dealkylation sites (N-methyl/N-ethyl adjacent to an activating group) is 1. The average molecular weight is 609 g/mol. The van der Waals surface area contributed by atoms with Crippen LogP contribution in [-0.2, 0) is 19.1 Å². The van der Waals surface area contributed by atoms with Crippen LogP contribution in [0.2, 0.25) is 5.02 Å². The Kier molecular flexibility index (Phi) is 8.43. The minimum Gasteiger partial charge on any atom is -0.394 e. The van der Waals surface area contributed by atoms with Crippen molar-refractivity contribution in [3.63, 3.8) is 0 Å². The first-order valence-electron chi connectivity index (χ1n) is 12.8. The van der Waals surface area contributed by atoms with E-state index in [1.54, 1.807) is 48.4 Å². The van der Waals surface area contributed by atoms with Crippen LogP contribution in [0.15, 0.2) is 49.6 Å². The van der Waals surface area contributed by atoms with Crippen molar-refractivity contribution in [2.24, 2.45) is 17.8 Å². The van der Waals surface area contributed by atoms with Crippen molar-refractivity contribution in [1.29, 1.82) is 0 Å². The Hall–Kier alpha value is -2.20. The number of hydrogen-bond donors (Lipinski definition) is 1. The Morgan fingerprint density at radius 3 is 2.42 bits per heavy atom. The number of aliphatic hydroxyl groups excluding tert-OH is 1. The van der Waals surface area contributed by atoms with Crippen molar-refractivity contribution < 1.29 is 24.2 Å². The number of rotatable bonds is 10. The van der Waals surface area contributed by atoms with Gasteiger partial charge in [-0.25, -0.2) is 0 Å². The van der Waals surface area contributed by atoms with Gasteiger partial charge in [0.15, 0.2) is 0 Å².